The zero-order valence-electron chi connectivity index (χ0n) is 15.4. The second kappa shape index (κ2) is 8.44. The Balaban J connectivity index is 1.48. The summed E-state index contributed by atoms with van der Waals surface area (Å²) in [7, 11) is 0. The lowest BCUT2D eigenvalue weighted by molar-refractivity contribution is -0.149. The number of hydrogen-bond donors (Lipinski definition) is 1. The highest BCUT2D eigenvalue weighted by Crippen LogP contribution is 2.13. The molecule has 1 atom stereocenters. The Hall–Kier alpha value is -3.22. The minimum atomic E-state index is -0.541. The van der Waals surface area contributed by atoms with Crippen molar-refractivity contribution in [1.82, 2.24) is 20.3 Å². The van der Waals surface area contributed by atoms with Crippen molar-refractivity contribution in [3.05, 3.63) is 59.7 Å². The van der Waals surface area contributed by atoms with Crippen molar-refractivity contribution in [3.8, 4) is 0 Å². The van der Waals surface area contributed by atoms with Gasteiger partial charge in [0, 0.05) is 0 Å². The maximum absolute atomic E-state index is 12.0. The molecular formula is C20H22N4O3. The Labute approximate surface area is 157 Å². The van der Waals surface area contributed by atoms with Gasteiger partial charge in [-0.05, 0) is 36.6 Å². The van der Waals surface area contributed by atoms with Gasteiger partial charge in [-0.2, -0.15) is 0 Å². The smallest absolute Gasteiger partial charge is 0.328 e. The molecule has 7 nitrogen and oxygen atoms in total. The lowest BCUT2D eigenvalue weighted by atomic mass is 10.1. The van der Waals surface area contributed by atoms with Crippen LogP contribution >= 0.6 is 0 Å². The SMILES string of the molecule is CCc1ccc(C(C)NC(=O)COC(=O)Cn2nnc3ccccc32)cc1. The molecule has 0 spiro atoms. The molecule has 1 unspecified atom stereocenters. The third-order valence-electron chi connectivity index (χ3n) is 4.33. The molecule has 0 fully saturated rings. The standard InChI is InChI=1S/C20H22N4O3/c1-3-15-8-10-16(11-9-15)14(2)21-19(25)13-27-20(26)12-24-18-7-5-4-6-17(18)22-23-24/h4-11,14H,3,12-13H2,1-2H3,(H,21,25). The fourth-order valence-corrected chi connectivity index (χ4v) is 2.76. The van der Waals surface area contributed by atoms with E-state index in [-0.39, 0.29) is 25.1 Å². The number of aryl methyl sites for hydroxylation is 1. The van der Waals surface area contributed by atoms with E-state index in [2.05, 4.69) is 22.6 Å². The van der Waals surface area contributed by atoms with Gasteiger partial charge < -0.3 is 10.1 Å². The van der Waals surface area contributed by atoms with Crippen LogP contribution in [-0.4, -0.2) is 33.5 Å². The molecule has 2 aromatic carbocycles. The number of benzene rings is 2. The van der Waals surface area contributed by atoms with Gasteiger partial charge in [0.15, 0.2) is 6.61 Å². The molecule has 7 heteroatoms. The molecule has 0 aliphatic rings. The molecule has 1 heterocycles. The van der Waals surface area contributed by atoms with Gasteiger partial charge in [-0.1, -0.05) is 48.5 Å². The molecule has 140 valence electrons. The Bertz CT molecular complexity index is 934. The first kappa shape index (κ1) is 18.6. The van der Waals surface area contributed by atoms with Crippen molar-refractivity contribution >= 4 is 22.9 Å². The monoisotopic (exact) mass is 366 g/mol. The lowest BCUT2D eigenvalue weighted by Gasteiger charge is -2.15. The number of nitrogens with zero attached hydrogens (tertiary/aromatic N) is 3. The summed E-state index contributed by atoms with van der Waals surface area (Å²) >= 11 is 0. The van der Waals surface area contributed by atoms with E-state index in [9.17, 15) is 9.59 Å². The van der Waals surface area contributed by atoms with Crippen LogP contribution in [0.25, 0.3) is 11.0 Å². The number of fused-ring (bicyclic) bond motifs is 1. The second-order valence-corrected chi connectivity index (χ2v) is 6.28. The van der Waals surface area contributed by atoms with Crippen LogP contribution in [0.3, 0.4) is 0 Å². The molecule has 0 radical (unpaired) electrons. The van der Waals surface area contributed by atoms with Crippen molar-refractivity contribution < 1.29 is 14.3 Å². The molecule has 0 aliphatic heterocycles. The molecular weight excluding hydrogens is 344 g/mol. The van der Waals surface area contributed by atoms with Crippen molar-refractivity contribution in [2.24, 2.45) is 0 Å². The molecule has 1 N–H and O–H groups in total. The molecule has 1 aromatic heterocycles. The number of rotatable bonds is 7. The largest absolute Gasteiger partial charge is 0.454 e. The molecule has 0 saturated carbocycles. The summed E-state index contributed by atoms with van der Waals surface area (Å²) in [5.41, 5.74) is 3.68. The van der Waals surface area contributed by atoms with Crippen molar-refractivity contribution in [2.75, 3.05) is 6.61 Å². The van der Waals surface area contributed by atoms with Crippen LogP contribution in [0.5, 0.6) is 0 Å². The maximum atomic E-state index is 12.0. The van der Waals surface area contributed by atoms with Crippen LogP contribution in [0.15, 0.2) is 48.5 Å². The molecule has 1 amide bonds. The highest BCUT2D eigenvalue weighted by molar-refractivity contribution is 5.81. The average molecular weight is 366 g/mol. The Morgan fingerprint density at radius 2 is 1.89 bits per heavy atom. The number of amides is 1. The minimum absolute atomic E-state index is 0.0954. The van der Waals surface area contributed by atoms with Gasteiger partial charge in [0.1, 0.15) is 12.1 Å². The number of carbonyl (C=O) groups excluding carboxylic acids is 2. The fraction of sp³-hybridized carbons (Fsp3) is 0.300. The van der Waals surface area contributed by atoms with Crippen LogP contribution in [0.4, 0.5) is 0 Å². The van der Waals surface area contributed by atoms with Crippen LogP contribution in [0, 0.1) is 0 Å². The summed E-state index contributed by atoms with van der Waals surface area (Å²) in [4.78, 5) is 24.0. The van der Waals surface area contributed by atoms with E-state index in [1.165, 1.54) is 10.2 Å². The van der Waals surface area contributed by atoms with Gasteiger partial charge in [0.05, 0.1) is 11.6 Å². The first-order valence-corrected chi connectivity index (χ1v) is 8.89. The van der Waals surface area contributed by atoms with Gasteiger partial charge in [-0.15, -0.1) is 5.10 Å². The Kier molecular flexibility index (Phi) is 5.80. The lowest BCUT2D eigenvalue weighted by Crippen LogP contribution is -2.31. The van der Waals surface area contributed by atoms with Crippen molar-refractivity contribution in [1.29, 1.82) is 0 Å². The van der Waals surface area contributed by atoms with Gasteiger partial charge >= 0.3 is 5.97 Å². The molecule has 0 aliphatic carbocycles. The topological polar surface area (TPSA) is 86.1 Å². The van der Waals surface area contributed by atoms with Gasteiger partial charge in [0.25, 0.3) is 5.91 Å². The number of para-hydroxylation sites is 1. The first-order valence-electron chi connectivity index (χ1n) is 8.89. The van der Waals surface area contributed by atoms with Crippen molar-refractivity contribution in [3.63, 3.8) is 0 Å². The molecule has 0 saturated heterocycles. The number of ether oxygens (including phenoxy) is 1. The number of aromatic nitrogens is 3. The molecule has 0 bridgehead atoms. The summed E-state index contributed by atoms with van der Waals surface area (Å²) in [5, 5.41) is 10.7. The fourth-order valence-electron chi connectivity index (χ4n) is 2.76. The molecule has 27 heavy (non-hydrogen) atoms. The third kappa shape index (κ3) is 4.69. The van der Waals surface area contributed by atoms with Crippen LogP contribution in [0.1, 0.15) is 31.0 Å². The first-order chi connectivity index (χ1) is 13.1. The summed E-state index contributed by atoms with van der Waals surface area (Å²) in [6, 6.07) is 15.2. The number of esters is 1. The Morgan fingerprint density at radius 3 is 2.63 bits per heavy atom. The Morgan fingerprint density at radius 1 is 1.15 bits per heavy atom. The van der Waals surface area contributed by atoms with Gasteiger partial charge in [-0.3, -0.25) is 9.59 Å². The summed E-state index contributed by atoms with van der Waals surface area (Å²) in [6.45, 7) is 3.56. The van der Waals surface area contributed by atoms with Gasteiger partial charge in [0.2, 0.25) is 0 Å². The van der Waals surface area contributed by atoms with Crippen LogP contribution < -0.4 is 5.32 Å². The van der Waals surface area contributed by atoms with E-state index in [1.54, 1.807) is 0 Å². The van der Waals surface area contributed by atoms with Gasteiger partial charge in [-0.25, -0.2) is 4.68 Å². The molecule has 3 rings (SSSR count). The number of hydrogen-bond acceptors (Lipinski definition) is 5. The van der Waals surface area contributed by atoms with Crippen LogP contribution in [-0.2, 0) is 27.3 Å². The summed E-state index contributed by atoms with van der Waals surface area (Å²) < 4.78 is 6.51. The highest BCUT2D eigenvalue weighted by Gasteiger charge is 2.14. The number of nitrogens with one attached hydrogen (secondary N) is 1. The maximum Gasteiger partial charge on any atom is 0.328 e. The zero-order chi connectivity index (χ0) is 19.2. The molecule has 3 aromatic rings. The quantitative estimate of drug-likeness (QED) is 0.649. The zero-order valence-corrected chi connectivity index (χ0v) is 15.4. The van der Waals surface area contributed by atoms with Crippen molar-refractivity contribution in [2.45, 2.75) is 32.9 Å². The summed E-state index contributed by atoms with van der Waals surface area (Å²) in [5.74, 6) is -0.889. The van der Waals surface area contributed by atoms with Crippen LogP contribution in [0.2, 0.25) is 0 Å². The normalized spacial score (nSPS) is 11.9. The predicted octanol–water partition coefficient (Wildman–Crippen LogP) is 2.41. The predicted molar refractivity (Wildman–Crippen MR) is 101 cm³/mol. The summed E-state index contributed by atoms with van der Waals surface area (Å²) in [6.07, 6.45) is 0.970. The number of carbonyl (C=O) groups is 2. The van der Waals surface area contributed by atoms with E-state index >= 15 is 0 Å². The second-order valence-electron chi connectivity index (χ2n) is 6.28. The van der Waals surface area contributed by atoms with E-state index < -0.39 is 5.97 Å². The average Bonchev–Trinajstić information content (AvgIpc) is 3.09. The van der Waals surface area contributed by atoms with E-state index in [0.29, 0.717) is 5.52 Å². The van der Waals surface area contributed by atoms with E-state index in [0.717, 1.165) is 17.5 Å². The third-order valence-corrected chi connectivity index (χ3v) is 4.33. The highest BCUT2D eigenvalue weighted by atomic mass is 16.5. The van der Waals surface area contributed by atoms with E-state index in [1.807, 2.05) is 55.5 Å². The minimum Gasteiger partial charge on any atom is -0.454 e. The van der Waals surface area contributed by atoms with E-state index in [4.69, 9.17) is 4.74 Å².